The van der Waals surface area contributed by atoms with Gasteiger partial charge in [-0.15, -0.1) is 10.2 Å². The number of amides is 1. The van der Waals surface area contributed by atoms with Gasteiger partial charge in [-0.05, 0) is 46.7 Å². The first-order valence-electron chi connectivity index (χ1n) is 7.89. The first-order chi connectivity index (χ1) is 10.5. The van der Waals surface area contributed by atoms with Crippen LogP contribution < -0.4 is 5.32 Å². The minimum absolute atomic E-state index is 0.0307. The molecule has 0 aliphatic carbocycles. The van der Waals surface area contributed by atoms with Gasteiger partial charge in [-0.3, -0.25) is 9.69 Å². The Kier molecular flexibility index (Phi) is 5.52. The summed E-state index contributed by atoms with van der Waals surface area (Å²) in [6, 6.07) is -0.186. The largest absolute Gasteiger partial charge is 0.383 e. The van der Waals surface area contributed by atoms with Crippen molar-refractivity contribution in [1.29, 1.82) is 0 Å². The number of hydrogen-bond donors (Lipinski definition) is 1. The average molecular weight is 309 g/mol. The highest BCUT2D eigenvalue weighted by Crippen LogP contribution is 2.22. The number of carbonyl (C=O) groups excluding carboxylic acids is 1. The van der Waals surface area contributed by atoms with E-state index in [0.717, 1.165) is 31.8 Å². The summed E-state index contributed by atoms with van der Waals surface area (Å²) in [4.78, 5) is 14.9. The predicted molar refractivity (Wildman–Crippen MR) is 83.3 cm³/mol. The summed E-state index contributed by atoms with van der Waals surface area (Å²) in [6.45, 7) is 9.13. The summed E-state index contributed by atoms with van der Waals surface area (Å²) in [5, 5.41) is 11.1. The molecule has 0 aromatic carbocycles. The van der Waals surface area contributed by atoms with E-state index in [1.54, 1.807) is 13.4 Å². The maximum Gasteiger partial charge on any atom is 0.240 e. The van der Waals surface area contributed by atoms with E-state index in [0.29, 0.717) is 13.2 Å². The van der Waals surface area contributed by atoms with Gasteiger partial charge in [0, 0.05) is 13.7 Å². The summed E-state index contributed by atoms with van der Waals surface area (Å²) in [6.07, 6.45) is 4.00. The highest BCUT2D eigenvalue weighted by molar-refractivity contribution is 5.85. The number of likely N-dealkylation sites (tertiary alicyclic amines) is 1. The molecule has 1 amide bonds. The SMILES string of the molecule is COCCn1cnnc1C(C)NC(=O)C(C)(C)N1CCCC1. The zero-order valence-electron chi connectivity index (χ0n) is 14.0. The topological polar surface area (TPSA) is 72.3 Å². The molecule has 1 aromatic heterocycles. The van der Waals surface area contributed by atoms with Crippen LogP contribution in [0.2, 0.25) is 0 Å². The molecule has 2 heterocycles. The Morgan fingerprint density at radius 1 is 1.45 bits per heavy atom. The molecule has 2 rings (SSSR count). The number of nitrogens with zero attached hydrogens (tertiary/aromatic N) is 4. The highest BCUT2D eigenvalue weighted by atomic mass is 16.5. The molecule has 1 N–H and O–H groups in total. The minimum Gasteiger partial charge on any atom is -0.383 e. The molecule has 1 aliphatic heterocycles. The fourth-order valence-electron chi connectivity index (χ4n) is 2.82. The molecule has 0 radical (unpaired) electrons. The van der Waals surface area contributed by atoms with Crippen LogP contribution in [-0.2, 0) is 16.1 Å². The van der Waals surface area contributed by atoms with Crippen LogP contribution in [0.1, 0.15) is 45.5 Å². The molecule has 0 bridgehead atoms. The van der Waals surface area contributed by atoms with Gasteiger partial charge >= 0.3 is 0 Å². The second-order valence-corrected chi connectivity index (χ2v) is 6.32. The van der Waals surface area contributed by atoms with Crippen LogP contribution in [0.5, 0.6) is 0 Å². The van der Waals surface area contributed by atoms with Crippen LogP contribution in [0, 0.1) is 0 Å². The lowest BCUT2D eigenvalue weighted by molar-refractivity contribution is -0.131. The van der Waals surface area contributed by atoms with Crippen LogP contribution in [-0.4, -0.2) is 57.9 Å². The van der Waals surface area contributed by atoms with Crippen LogP contribution >= 0.6 is 0 Å². The van der Waals surface area contributed by atoms with E-state index >= 15 is 0 Å². The summed E-state index contributed by atoms with van der Waals surface area (Å²) >= 11 is 0. The molecule has 1 aliphatic rings. The smallest absolute Gasteiger partial charge is 0.240 e. The van der Waals surface area contributed by atoms with Crippen LogP contribution in [0.4, 0.5) is 0 Å². The van der Waals surface area contributed by atoms with Crippen LogP contribution in [0.15, 0.2) is 6.33 Å². The molecule has 1 aromatic rings. The summed E-state index contributed by atoms with van der Waals surface area (Å²) in [5.74, 6) is 0.783. The second-order valence-electron chi connectivity index (χ2n) is 6.32. The summed E-state index contributed by atoms with van der Waals surface area (Å²) in [7, 11) is 1.66. The average Bonchev–Trinajstić information content (AvgIpc) is 3.16. The van der Waals surface area contributed by atoms with E-state index in [1.165, 1.54) is 0 Å². The fourth-order valence-corrected chi connectivity index (χ4v) is 2.82. The number of hydrogen-bond acceptors (Lipinski definition) is 5. The third-order valence-corrected chi connectivity index (χ3v) is 4.37. The van der Waals surface area contributed by atoms with Crippen LogP contribution in [0.3, 0.4) is 0 Å². The molecule has 7 heteroatoms. The second kappa shape index (κ2) is 7.19. The summed E-state index contributed by atoms with van der Waals surface area (Å²) < 4.78 is 7.00. The van der Waals surface area contributed by atoms with Gasteiger partial charge in [-0.1, -0.05) is 0 Å². The number of nitrogens with one attached hydrogen (secondary N) is 1. The maximum absolute atomic E-state index is 12.6. The molecule has 7 nitrogen and oxygen atoms in total. The van der Waals surface area contributed by atoms with Crippen molar-refractivity contribution in [2.75, 3.05) is 26.8 Å². The quantitative estimate of drug-likeness (QED) is 0.813. The lowest BCUT2D eigenvalue weighted by Crippen LogP contribution is -2.54. The molecule has 0 saturated carbocycles. The fraction of sp³-hybridized carbons (Fsp3) is 0.800. The number of carbonyl (C=O) groups is 1. The van der Waals surface area contributed by atoms with E-state index in [4.69, 9.17) is 4.74 Å². The highest BCUT2D eigenvalue weighted by Gasteiger charge is 2.36. The molecule has 1 atom stereocenters. The third kappa shape index (κ3) is 3.64. The Morgan fingerprint density at radius 3 is 2.77 bits per heavy atom. The van der Waals surface area contributed by atoms with Crippen molar-refractivity contribution in [2.24, 2.45) is 0 Å². The monoisotopic (exact) mass is 309 g/mol. The van der Waals surface area contributed by atoms with Gasteiger partial charge in [0.25, 0.3) is 0 Å². The van der Waals surface area contributed by atoms with Crippen molar-refractivity contribution < 1.29 is 9.53 Å². The number of methoxy groups -OCH3 is 1. The first kappa shape index (κ1) is 16.9. The maximum atomic E-state index is 12.6. The molecule has 1 saturated heterocycles. The Balaban J connectivity index is 2.00. The normalized spacial score (nSPS) is 17.6. The lowest BCUT2D eigenvalue weighted by Gasteiger charge is -2.34. The van der Waals surface area contributed by atoms with Gasteiger partial charge in [0.2, 0.25) is 5.91 Å². The van der Waals surface area contributed by atoms with Gasteiger partial charge in [-0.2, -0.15) is 0 Å². The van der Waals surface area contributed by atoms with E-state index in [9.17, 15) is 4.79 Å². The predicted octanol–water partition coefficient (Wildman–Crippen LogP) is 0.976. The van der Waals surface area contributed by atoms with Crippen molar-refractivity contribution in [1.82, 2.24) is 25.0 Å². The van der Waals surface area contributed by atoms with E-state index in [1.807, 2.05) is 25.3 Å². The molecule has 124 valence electrons. The van der Waals surface area contributed by atoms with Gasteiger partial charge in [-0.25, -0.2) is 0 Å². The summed E-state index contributed by atoms with van der Waals surface area (Å²) in [5.41, 5.74) is -0.498. The standard InChI is InChI=1S/C15H27N5O2/c1-12(13-18-16-11-19(13)9-10-22-4)17-14(21)15(2,3)20-7-5-6-8-20/h11-12H,5-10H2,1-4H3,(H,17,21). The van der Waals surface area contributed by atoms with Crippen molar-refractivity contribution in [3.05, 3.63) is 12.2 Å². The van der Waals surface area contributed by atoms with E-state index < -0.39 is 5.54 Å². The van der Waals surface area contributed by atoms with Gasteiger partial charge in [0.1, 0.15) is 6.33 Å². The van der Waals surface area contributed by atoms with Gasteiger partial charge in [0.05, 0.1) is 18.2 Å². The molecule has 1 unspecified atom stereocenters. The van der Waals surface area contributed by atoms with Crippen molar-refractivity contribution in [3.8, 4) is 0 Å². The number of rotatable bonds is 7. The Labute approximate surface area is 132 Å². The first-order valence-corrected chi connectivity index (χ1v) is 7.89. The number of ether oxygens (including phenoxy) is 1. The Hall–Kier alpha value is -1.47. The molecular weight excluding hydrogens is 282 g/mol. The Morgan fingerprint density at radius 2 is 2.14 bits per heavy atom. The molecule has 1 fully saturated rings. The molecule has 0 spiro atoms. The Bertz CT molecular complexity index is 494. The number of aromatic nitrogens is 3. The zero-order chi connectivity index (χ0) is 16.2. The van der Waals surface area contributed by atoms with Crippen molar-refractivity contribution in [3.63, 3.8) is 0 Å². The van der Waals surface area contributed by atoms with Gasteiger partial charge in [0.15, 0.2) is 5.82 Å². The zero-order valence-corrected chi connectivity index (χ0v) is 14.0. The van der Waals surface area contributed by atoms with E-state index in [-0.39, 0.29) is 11.9 Å². The molecular formula is C15H27N5O2. The molecule has 22 heavy (non-hydrogen) atoms. The van der Waals surface area contributed by atoms with Crippen LogP contribution in [0.25, 0.3) is 0 Å². The minimum atomic E-state index is -0.498. The van der Waals surface area contributed by atoms with Gasteiger partial charge < -0.3 is 14.6 Å². The lowest BCUT2D eigenvalue weighted by atomic mass is 10.0. The van der Waals surface area contributed by atoms with E-state index in [2.05, 4.69) is 20.4 Å². The third-order valence-electron chi connectivity index (χ3n) is 4.37. The van der Waals surface area contributed by atoms with Crippen molar-refractivity contribution in [2.45, 2.75) is 51.7 Å². The van der Waals surface area contributed by atoms with Crippen molar-refractivity contribution >= 4 is 5.91 Å².